The Balaban J connectivity index is 1.19. The lowest BCUT2D eigenvalue weighted by Crippen LogP contribution is -2.42. The van der Waals surface area contributed by atoms with Crippen LogP contribution in [0.5, 0.6) is 11.5 Å². The minimum Gasteiger partial charge on any atom is -0.486 e. The average molecular weight is 972 g/mol. The van der Waals surface area contributed by atoms with E-state index >= 15 is 0 Å². The third-order valence-corrected chi connectivity index (χ3v) is 11.6. The van der Waals surface area contributed by atoms with Crippen molar-refractivity contribution in [2.24, 2.45) is 0 Å². The molecule has 0 bridgehead atoms. The summed E-state index contributed by atoms with van der Waals surface area (Å²) in [5, 5.41) is 10.1. The van der Waals surface area contributed by atoms with Crippen molar-refractivity contribution in [2.45, 2.75) is 37.5 Å². The van der Waals surface area contributed by atoms with E-state index in [9.17, 15) is 18.4 Å². The Labute approximate surface area is 401 Å². The van der Waals surface area contributed by atoms with Crippen LogP contribution in [-0.4, -0.2) is 128 Å². The maximum atomic E-state index is 14.9. The van der Waals surface area contributed by atoms with Gasteiger partial charge >= 0.3 is 0 Å². The van der Waals surface area contributed by atoms with Crippen molar-refractivity contribution < 1.29 is 37.3 Å². The van der Waals surface area contributed by atoms with Crippen LogP contribution in [0.1, 0.15) is 19.3 Å². The van der Waals surface area contributed by atoms with E-state index in [0.29, 0.717) is 120 Å². The van der Waals surface area contributed by atoms with E-state index in [0.717, 1.165) is 0 Å². The molecule has 68 heavy (non-hydrogen) atoms. The van der Waals surface area contributed by atoms with Gasteiger partial charge in [0.2, 0.25) is 11.8 Å². The molecule has 2 aromatic heterocycles. The van der Waals surface area contributed by atoms with Crippen molar-refractivity contribution in [3.63, 3.8) is 0 Å². The molecule has 0 aliphatic carbocycles. The Bertz CT molecular complexity index is 2830. The highest BCUT2D eigenvalue weighted by atomic mass is 35.5. The van der Waals surface area contributed by atoms with E-state index in [2.05, 4.69) is 30.9 Å². The molecular weight excluding hydrogens is 921 g/mol. The number of amides is 2. The van der Waals surface area contributed by atoms with Crippen LogP contribution < -0.4 is 30.3 Å². The summed E-state index contributed by atoms with van der Waals surface area (Å²) in [4.78, 5) is 52.1. The van der Waals surface area contributed by atoms with Crippen LogP contribution in [0.2, 0.25) is 10.0 Å². The van der Waals surface area contributed by atoms with E-state index in [1.807, 2.05) is 42.9 Å². The number of rotatable bonds is 18. The molecule has 4 heterocycles. The SMILES string of the molecule is CN(C)C/C=C/C(=O)Nc1cc2c(N(c3ccc(F)c(Cl)c3)C(CC(=O)Nc3cc4c(Nc5ccc(F)c(Cl)c5)ncnc4cc3OC3CCOC3)CN(C)C)ncnc2cc1OC1CCOC1. The highest BCUT2D eigenvalue weighted by molar-refractivity contribution is 6.31. The molecule has 2 aliphatic heterocycles. The summed E-state index contributed by atoms with van der Waals surface area (Å²) >= 11 is 12.6. The van der Waals surface area contributed by atoms with E-state index < -0.39 is 23.6 Å². The van der Waals surface area contributed by atoms with Crippen molar-refractivity contribution in [1.29, 1.82) is 0 Å². The number of anilines is 6. The monoisotopic (exact) mass is 970 g/mol. The topological polar surface area (TPSA) is 168 Å². The van der Waals surface area contributed by atoms with E-state index in [1.54, 1.807) is 36.4 Å². The maximum Gasteiger partial charge on any atom is 0.248 e. The quantitative estimate of drug-likeness (QED) is 0.0703. The maximum absolute atomic E-state index is 14.9. The van der Waals surface area contributed by atoms with Crippen LogP contribution in [0, 0.1) is 11.6 Å². The van der Waals surface area contributed by atoms with Crippen molar-refractivity contribution in [1.82, 2.24) is 29.7 Å². The van der Waals surface area contributed by atoms with Crippen LogP contribution in [0.4, 0.5) is 43.2 Å². The van der Waals surface area contributed by atoms with Gasteiger partial charge in [0.05, 0.1) is 64.9 Å². The second-order valence-corrected chi connectivity index (χ2v) is 17.7. The van der Waals surface area contributed by atoms with E-state index in [-0.39, 0.29) is 34.6 Å². The van der Waals surface area contributed by atoms with Crippen molar-refractivity contribution in [3.8, 4) is 11.5 Å². The number of halogens is 4. The van der Waals surface area contributed by atoms with Gasteiger partial charge in [-0.2, -0.15) is 0 Å². The number of nitrogens with zero attached hydrogens (tertiary/aromatic N) is 7. The number of carbonyl (C=O) groups excluding carboxylic acids is 2. The minimum absolute atomic E-state index is 0.0700. The molecule has 3 unspecified atom stereocenters. The molecule has 20 heteroatoms. The van der Waals surface area contributed by atoms with E-state index in [1.165, 1.54) is 49.1 Å². The number of hydrogen-bond acceptors (Lipinski definition) is 14. The molecular formula is C48H50Cl2F2N10O6. The molecule has 3 atom stereocenters. The average Bonchev–Trinajstić information content (AvgIpc) is 4.02. The van der Waals surface area contributed by atoms with Crippen LogP contribution in [-0.2, 0) is 19.1 Å². The first-order chi connectivity index (χ1) is 32.8. The lowest BCUT2D eigenvalue weighted by atomic mass is 10.1. The molecule has 2 amide bonds. The fourth-order valence-electron chi connectivity index (χ4n) is 7.88. The van der Waals surface area contributed by atoms with Gasteiger partial charge < -0.3 is 49.6 Å². The summed E-state index contributed by atoms with van der Waals surface area (Å²) in [6.07, 6.45) is 6.60. The van der Waals surface area contributed by atoms with Gasteiger partial charge in [-0.25, -0.2) is 28.7 Å². The van der Waals surface area contributed by atoms with Crippen molar-refractivity contribution in [3.05, 3.63) is 107 Å². The smallest absolute Gasteiger partial charge is 0.248 e. The Kier molecular flexibility index (Phi) is 15.4. The van der Waals surface area contributed by atoms with Gasteiger partial charge in [0.1, 0.15) is 59.6 Å². The number of ether oxygens (including phenoxy) is 4. The standard InChI is InChI=1S/C48H50Cl2F2N10O6/c1-60(2)13-5-6-45(63)58-42-20-34-40(22-44(42)68-32-12-15-66-25-32)54-27-56-48(34)62(29-8-10-38(52)36(50)17-29)30(23-61(3)4)18-46(64)59-41-19-33-39(21-43(41)67-31-11-14-65-24-31)53-26-55-47(33)57-28-7-9-37(51)35(49)16-28/h5-10,16-17,19-22,26-27,30-32H,11-15,18,23-25H2,1-4H3,(H,58,63)(H,59,64)(H,53,55,57)/b6-5+. The van der Waals surface area contributed by atoms with Gasteiger partial charge in [0.15, 0.2) is 0 Å². The third kappa shape index (κ3) is 11.9. The van der Waals surface area contributed by atoms with Crippen molar-refractivity contribution in [2.75, 3.05) is 88.6 Å². The lowest BCUT2D eigenvalue weighted by molar-refractivity contribution is -0.116. The summed E-state index contributed by atoms with van der Waals surface area (Å²) in [5.74, 6) is -0.538. The Morgan fingerprint density at radius 3 is 2.01 bits per heavy atom. The zero-order chi connectivity index (χ0) is 47.9. The summed E-state index contributed by atoms with van der Waals surface area (Å²) in [6, 6.07) is 14.7. The molecule has 3 N–H and O–H groups in total. The molecule has 2 aliphatic rings. The number of aromatic nitrogens is 4. The molecule has 8 rings (SSSR count). The molecule has 16 nitrogen and oxygen atoms in total. The van der Waals surface area contributed by atoms with Gasteiger partial charge in [-0.15, -0.1) is 0 Å². The summed E-state index contributed by atoms with van der Waals surface area (Å²) in [7, 11) is 7.54. The number of benzene rings is 4. The van der Waals surface area contributed by atoms with Gasteiger partial charge in [0.25, 0.3) is 0 Å². The fraction of sp³-hybridized carbons (Fsp3) is 0.333. The Morgan fingerprint density at radius 1 is 0.779 bits per heavy atom. The molecule has 0 saturated carbocycles. The Hall–Kier alpha value is -6.28. The molecule has 2 saturated heterocycles. The predicted molar refractivity (Wildman–Crippen MR) is 259 cm³/mol. The first kappa shape index (κ1) is 48.2. The molecule has 4 aromatic carbocycles. The molecule has 356 valence electrons. The molecule has 0 radical (unpaired) electrons. The van der Waals surface area contributed by atoms with Crippen molar-refractivity contribution >= 4 is 91.2 Å². The number of carbonyl (C=O) groups is 2. The second-order valence-electron chi connectivity index (χ2n) is 16.9. The zero-order valence-electron chi connectivity index (χ0n) is 37.8. The van der Waals surface area contributed by atoms with Gasteiger partial charge in [-0.1, -0.05) is 29.3 Å². The summed E-state index contributed by atoms with van der Waals surface area (Å²) in [5.41, 5.74) is 2.58. The highest BCUT2D eigenvalue weighted by Gasteiger charge is 2.30. The largest absolute Gasteiger partial charge is 0.486 e. The molecule has 2 fully saturated rings. The van der Waals surface area contributed by atoms with Crippen LogP contribution in [0.3, 0.4) is 0 Å². The van der Waals surface area contributed by atoms with Gasteiger partial charge in [-0.05, 0) is 76.7 Å². The summed E-state index contributed by atoms with van der Waals surface area (Å²) < 4.78 is 53.0. The van der Waals surface area contributed by atoms with Crippen LogP contribution in [0.15, 0.2) is 85.5 Å². The fourth-order valence-corrected chi connectivity index (χ4v) is 8.23. The number of hydrogen-bond donors (Lipinski definition) is 3. The van der Waals surface area contributed by atoms with Crippen LogP contribution >= 0.6 is 23.2 Å². The normalized spacial score (nSPS) is 16.5. The number of nitrogens with one attached hydrogen (secondary N) is 3. The zero-order valence-corrected chi connectivity index (χ0v) is 39.3. The minimum atomic E-state index is -0.694. The molecule has 6 aromatic rings. The number of fused-ring (bicyclic) bond motifs is 2. The first-order valence-electron chi connectivity index (χ1n) is 21.9. The van der Waals surface area contributed by atoms with Crippen LogP contribution in [0.25, 0.3) is 21.8 Å². The first-order valence-corrected chi connectivity index (χ1v) is 22.6. The second kappa shape index (κ2) is 21.8. The Morgan fingerprint density at radius 2 is 1.40 bits per heavy atom. The van der Waals surface area contributed by atoms with Gasteiger partial charge in [0, 0.05) is 72.7 Å². The lowest BCUT2D eigenvalue weighted by Gasteiger charge is -2.35. The predicted octanol–water partition coefficient (Wildman–Crippen LogP) is 8.39. The summed E-state index contributed by atoms with van der Waals surface area (Å²) in [6.45, 7) is 2.65. The van der Waals surface area contributed by atoms with E-state index in [4.69, 9.17) is 47.1 Å². The third-order valence-electron chi connectivity index (χ3n) is 11.0. The highest BCUT2D eigenvalue weighted by Crippen LogP contribution is 2.40. The van der Waals surface area contributed by atoms with Gasteiger partial charge in [-0.3, -0.25) is 9.59 Å². The molecule has 0 spiro atoms. The number of likely N-dealkylation sites (N-methyl/N-ethyl adjacent to an activating group) is 2.